The molecule has 0 bridgehead atoms. The summed E-state index contributed by atoms with van der Waals surface area (Å²) in [6, 6.07) is 16.6. The van der Waals surface area contributed by atoms with Crippen molar-refractivity contribution in [1.29, 1.82) is 0 Å². The van der Waals surface area contributed by atoms with Crippen molar-refractivity contribution >= 4 is 0 Å². The Morgan fingerprint density at radius 1 is 0.958 bits per heavy atom. The van der Waals surface area contributed by atoms with Gasteiger partial charge in [-0.3, -0.25) is 0 Å². The van der Waals surface area contributed by atoms with Crippen LogP contribution in [0.2, 0.25) is 0 Å². The molecular formula is C19H17FN2O2. The smallest absolute Gasteiger partial charge is 0.231 e. The third-order valence-corrected chi connectivity index (χ3v) is 4.02. The van der Waals surface area contributed by atoms with E-state index in [1.807, 2.05) is 47.2 Å². The van der Waals surface area contributed by atoms with Crippen LogP contribution in [0.1, 0.15) is 11.3 Å². The molecule has 24 heavy (non-hydrogen) atoms. The fraction of sp³-hybridized carbons (Fsp3) is 0.158. The van der Waals surface area contributed by atoms with Crippen LogP contribution in [0.5, 0.6) is 11.5 Å². The van der Waals surface area contributed by atoms with E-state index in [-0.39, 0.29) is 12.6 Å². The molecule has 1 aromatic heterocycles. The standard InChI is InChI=1S/C19H17FN2O2/c20-16-5-1-2-6-17(16)22-9-3-4-15(22)12-21-11-14-7-8-18-19(10-14)24-13-23-18/h1-10,21H,11-13H2. The fourth-order valence-corrected chi connectivity index (χ4v) is 2.83. The van der Waals surface area contributed by atoms with Gasteiger partial charge >= 0.3 is 0 Å². The van der Waals surface area contributed by atoms with Gasteiger partial charge in [-0.05, 0) is 42.0 Å². The summed E-state index contributed by atoms with van der Waals surface area (Å²) in [5.41, 5.74) is 2.67. The molecule has 0 saturated heterocycles. The van der Waals surface area contributed by atoms with E-state index in [4.69, 9.17) is 9.47 Å². The zero-order valence-electron chi connectivity index (χ0n) is 13.0. The molecule has 4 nitrogen and oxygen atoms in total. The van der Waals surface area contributed by atoms with Crippen LogP contribution < -0.4 is 14.8 Å². The summed E-state index contributed by atoms with van der Waals surface area (Å²) < 4.78 is 26.5. The number of benzene rings is 2. The van der Waals surface area contributed by atoms with Gasteiger partial charge in [-0.2, -0.15) is 0 Å². The molecular weight excluding hydrogens is 307 g/mol. The molecule has 4 rings (SSSR count). The Labute approximate surface area is 139 Å². The first-order valence-corrected chi connectivity index (χ1v) is 7.81. The lowest BCUT2D eigenvalue weighted by Gasteiger charge is -2.11. The predicted octanol–water partition coefficient (Wildman–Crippen LogP) is 3.63. The maximum Gasteiger partial charge on any atom is 0.231 e. The van der Waals surface area contributed by atoms with Gasteiger partial charge in [0, 0.05) is 25.0 Å². The molecule has 0 radical (unpaired) electrons. The summed E-state index contributed by atoms with van der Waals surface area (Å²) in [7, 11) is 0. The van der Waals surface area contributed by atoms with Crippen LogP contribution >= 0.6 is 0 Å². The maximum atomic E-state index is 14.0. The number of hydrogen-bond donors (Lipinski definition) is 1. The van der Waals surface area contributed by atoms with Crippen molar-refractivity contribution in [2.45, 2.75) is 13.1 Å². The number of nitrogens with one attached hydrogen (secondary N) is 1. The molecule has 5 heteroatoms. The lowest BCUT2D eigenvalue weighted by atomic mass is 10.2. The average molecular weight is 324 g/mol. The number of fused-ring (bicyclic) bond motifs is 1. The molecule has 0 amide bonds. The van der Waals surface area contributed by atoms with E-state index in [0.717, 1.165) is 22.8 Å². The fourth-order valence-electron chi connectivity index (χ4n) is 2.83. The summed E-state index contributed by atoms with van der Waals surface area (Å²) in [5, 5.41) is 3.39. The van der Waals surface area contributed by atoms with E-state index in [1.165, 1.54) is 6.07 Å². The van der Waals surface area contributed by atoms with Crippen LogP contribution in [-0.4, -0.2) is 11.4 Å². The van der Waals surface area contributed by atoms with Crippen molar-refractivity contribution in [3.05, 3.63) is 77.9 Å². The van der Waals surface area contributed by atoms with Gasteiger partial charge in [0.1, 0.15) is 5.82 Å². The van der Waals surface area contributed by atoms with Gasteiger partial charge in [0.15, 0.2) is 11.5 Å². The average Bonchev–Trinajstić information content (AvgIpc) is 3.24. The number of aromatic nitrogens is 1. The Balaban J connectivity index is 1.44. The van der Waals surface area contributed by atoms with E-state index < -0.39 is 0 Å². The Hall–Kier alpha value is -2.79. The van der Waals surface area contributed by atoms with Gasteiger partial charge in [0.2, 0.25) is 6.79 Å². The third kappa shape index (κ3) is 2.86. The number of halogens is 1. The minimum absolute atomic E-state index is 0.231. The van der Waals surface area contributed by atoms with Crippen LogP contribution in [0.25, 0.3) is 5.69 Å². The molecule has 0 aliphatic carbocycles. The Morgan fingerprint density at radius 3 is 2.75 bits per heavy atom. The highest BCUT2D eigenvalue weighted by atomic mass is 19.1. The zero-order chi connectivity index (χ0) is 16.4. The highest BCUT2D eigenvalue weighted by Gasteiger charge is 2.13. The quantitative estimate of drug-likeness (QED) is 0.778. The van der Waals surface area contributed by atoms with Gasteiger partial charge in [-0.1, -0.05) is 18.2 Å². The predicted molar refractivity (Wildman–Crippen MR) is 88.8 cm³/mol. The largest absolute Gasteiger partial charge is 0.454 e. The normalized spacial score (nSPS) is 12.5. The second-order valence-corrected chi connectivity index (χ2v) is 5.61. The molecule has 1 aliphatic rings. The molecule has 2 heterocycles. The van der Waals surface area contributed by atoms with E-state index in [1.54, 1.807) is 12.1 Å². The van der Waals surface area contributed by atoms with Gasteiger partial charge < -0.3 is 19.4 Å². The van der Waals surface area contributed by atoms with E-state index in [2.05, 4.69) is 5.32 Å². The van der Waals surface area contributed by atoms with Crippen LogP contribution in [0.15, 0.2) is 60.8 Å². The summed E-state index contributed by atoms with van der Waals surface area (Å²) in [4.78, 5) is 0. The molecule has 0 fully saturated rings. The molecule has 3 aromatic rings. The summed E-state index contributed by atoms with van der Waals surface area (Å²) >= 11 is 0. The zero-order valence-corrected chi connectivity index (χ0v) is 13.0. The second kappa shape index (κ2) is 6.37. The topological polar surface area (TPSA) is 35.4 Å². The van der Waals surface area contributed by atoms with Crippen molar-refractivity contribution < 1.29 is 13.9 Å². The number of para-hydroxylation sites is 1. The van der Waals surface area contributed by atoms with Crippen molar-refractivity contribution in [3.8, 4) is 17.2 Å². The van der Waals surface area contributed by atoms with E-state index in [0.29, 0.717) is 18.8 Å². The lowest BCUT2D eigenvalue weighted by Crippen LogP contribution is -2.15. The lowest BCUT2D eigenvalue weighted by molar-refractivity contribution is 0.174. The van der Waals surface area contributed by atoms with Crippen molar-refractivity contribution in [3.63, 3.8) is 0 Å². The number of ether oxygens (including phenoxy) is 2. The minimum Gasteiger partial charge on any atom is -0.454 e. The van der Waals surface area contributed by atoms with Crippen molar-refractivity contribution in [2.75, 3.05) is 6.79 Å². The minimum atomic E-state index is -0.231. The first kappa shape index (κ1) is 14.8. The first-order valence-electron chi connectivity index (χ1n) is 7.81. The van der Waals surface area contributed by atoms with E-state index in [9.17, 15) is 4.39 Å². The summed E-state index contributed by atoms with van der Waals surface area (Å²) in [6.45, 7) is 1.61. The van der Waals surface area contributed by atoms with Crippen LogP contribution in [-0.2, 0) is 13.1 Å². The van der Waals surface area contributed by atoms with Gasteiger partial charge in [0.05, 0.1) is 5.69 Å². The number of nitrogens with zero attached hydrogens (tertiary/aromatic N) is 1. The Kier molecular flexibility index (Phi) is 3.92. The van der Waals surface area contributed by atoms with Gasteiger partial charge in [-0.25, -0.2) is 4.39 Å². The molecule has 122 valence electrons. The van der Waals surface area contributed by atoms with Crippen LogP contribution in [0.4, 0.5) is 4.39 Å². The van der Waals surface area contributed by atoms with Crippen LogP contribution in [0.3, 0.4) is 0 Å². The molecule has 0 atom stereocenters. The molecule has 0 saturated carbocycles. The maximum absolute atomic E-state index is 14.0. The van der Waals surface area contributed by atoms with Gasteiger partial charge in [-0.15, -0.1) is 0 Å². The Morgan fingerprint density at radius 2 is 1.83 bits per heavy atom. The third-order valence-electron chi connectivity index (χ3n) is 4.02. The molecule has 1 N–H and O–H groups in total. The van der Waals surface area contributed by atoms with Crippen LogP contribution in [0, 0.1) is 5.82 Å². The Bertz CT molecular complexity index is 860. The summed E-state index contributed by atoms with van der Waals surface area (Å²) in [5.74, 6) is 1.34. The SMILES string of the molecule is Fc1ccccc1-n1cccc1CNCc1ccc2c(c1)OCO2. The van der Waals surface area contributed by atoms with Crippen molar-refractivity contribution in [2.24, 2.45) is 0 Å². The monoisotopic (exact) mass is 324 g/mol. The highest BCUT2D eigenvalue weighted by molar-refractivity contribution is 5.44. The first-order chi connectivity index (χ1) is 11.8. The molecule has 2 aromatic carbocycles. The molecule has 0 unspecified atom stereocenters. The molecule has 1 aliphatic heterocycles. The van der Waals surface area contributed by atoms with Gasteiger partial charge in [0.25, 0.3) is 0 Å². The molecule has 0 spiro atoms. The summed E-state index contributed by atoms with van der Waals surface area (Å²) in [6.07, 6.45) is 1.87. The highest BCUT2D eigenvalue weighted by Crippen LogP contribution is 2.32. The van der Waals surface area contributed by atoms with Crippen molar-refractivity contribution in [1.82, 2.24) is 9.88 Å². The van der Waals surface area contributed by atoms with E-state index >= 15 is 0 Å². The second-order valence-electron chi connectivity index (χ2n) is 5.61. The number of rotatable bonds is 5. The number of hydrogen-bond acceptors (Lipinski definition) is 3.